The fourth-order valence-electron chi connectivity index (χ4n) is 1.08. The second-order valence-electron chi connectivity index (χ2n) is 4.59. The van der Waals surface area contributed by atoms with Crippen LogP contribution in [-0.2, 0) is 9.59 Å². The molecule has 88 valence electrons. The number of carbonyl (C=O) groups excluding carboxylic acids is 2. The van der Waals surface area contributed by atoms with E-state index in [1.54, 1.807) is 7.05 Å². The van der Waals surface area contributed by atoms with E-state index in [2.05, 4.69) is 5.32 Å². The number of hydrogen-bond acceptors (Lipinski definition) is 3. The number of likely N-dealkylation sites (N-methyl/N-ethyl adjacent to an activating group) is 1. The molecule has 15 heavy (non-hydrogen) atoms. The minimum Gasteiger partial charge on any atom is -0.350 e. The Hall–Kier alpha value is -1.10. The molecule has 0 heterocycles. The fraction of sp³-hybridized carbons (Fsp3) is 0.800. The highest BCUT2D eigenvalue weighted by Gasteiger charge is 2.16. The summed E-state index contributed by atoms with van der Waals surface area (Å²) < 4.78 is 0. The topological polar surface area (TPSA) is 75.4 Å². The molecular formula is C10H21N3O2. The summed E-state index contributed by atoms with van der Waals surface area (Å²) in [6, 6.07) is 0. The van der Waals surface area contributed by atoms with Crippen molar-refractivity contribution in [3.8, 4) is 0 Å². The summed E-state index contributed by atoms with van der Waals surface area (Å²) in [5.41, 5.74) is 4.98. The van der Waals surface area contributed by atoms with E-state index in [-0.39, 0.29) is 30.3 Å². The molecule has 0 rings (SSSR count). The van der Waals surface area contributed by atoms with E-state index < -0.39 is 0 Å². The van der Waals surface area contributed by atoms with Gasteiger partial charge in [0, 0.05) is 25.6 Å². The molecule has 3 N–H and O–H groups in total. The van der Waals surface area contributed by atoms with Crippen LogP contribution in [0.25, 0.3) is 0 Å². The lowest BCUT2D eigenvalue weighted by atomic mass is 10.1. The Morgan fingerprint density at radius 2 is 1.87 bits per heavy atom. The van der Waals surface area contributed by atoms with Gasteiger partial charge in [0.2, 0.25) is 11.8 Å². The smallest absolute Gasteiger partial charge is 0.240 e. The van der Waals surface area contributed by atoms with Gasteiger partial charge in [-0.3, -0.25) is 9.59 Å². The average molecular weight is 215 g/mol. The van der Waals surface area contributed by atoms with Crippen LogP contribution in [0.1, 0.15) is 27.2 Å². The maximum absolute atomic E-state index is 11.4. The van der Waals surface area contributed by atoms with Crippen molar-refractivity contribution >= 4 is 11.8 Å². The molecule has 0 aliphatic rings. The lowest BCUT2D eigenvalue weighted by Crippen LogP contribution is -2.46. The molecule has 0 atom stereocenters. The molecule has 0 fully saturated rings. The van der Waals surface area contributed by atoms with E-state index in [0.29, 0.717) is 6.54 Å². The zero-order valence-corrected chi connectivity index (χ0v) is 9.96. The zero-order chi connectivity index (χ0) is 12.1. The van der Waals surface area contributed by atoms with Crippen molar-refractivity contribution in [1.82, 2.24) is 10.2 Å². The van der Waals surface area contributed by atoms with Gasteiger partial charge in [-0.2, -0.15) is 0 Å². The third kappa shape index (κ3) is 6.90. The maximum atomic E-state index is 11.4. The normalized spacial score (nSPS) is 11.0. The number of nitrogens with zero attached hydrogens (tertiary/aromatic N) is 1. The van der Waals surface area contributed by atoms with E-state index >= 15 is 0 Å². The van der Waals surface area contributed by atoms with Gasteiger partial charge in [-0.15, -0.1) is 0 Å². The molecule has 2 amide bonds. The predicted octanol–water partition coefficient (Wildman–Crippen LogP) is -0.292. The van der Waals surface area contributed by atoms with Crippen molar-refractivity contribution in [3.05, 3.63) is 0 Å². The Morgan fingerprint density at radius 3 is 2.27 bits per heavy atom. The van der Waals surface area contributed by atoms with Gasteiger partial charge in [-0.1, -0.05) is 0 Å². The van der Waals surface area contributed by atoms with Gasteiger partial charge in [0.25, 0.3) is 0 Å². The molecule has 0 saturated carbocycles. The summed E-state index contributed by atoms with van der Waals surface area (Å²) in [6.45, 7) is 6.08. The summed E-state index contributed by atoms with van der Waals surface area (Å²) in [7, 11) is 1.60. The molecule has 0 radical (unpaired) electrons. The van der Waals surface area contributed by atoms with Crippen LogP contribution in [0.4, 0.5) is 0 Å². The van der Waals surface area contributed by atoms with Gasteiger partial charge in [-0.05, 0) is 20.8 Å². The molecule has 0 bridgehead atoms. The molecule has 0 aromatic rings. The van der Waals surface area contributed by atoms with Gasteiger partial charge in [0.1, 0.15) is 0 Å². The van der Waals surface area contributed by atoms with Crippen LogP contribution in [0.3, 0.4) is 0 Å². The third-order valence-electron chi connectivity index (χ3n) is 1.68. The van der Waals surface area contributed by atoms with Gasteiger partial charge in [0.15, 0.2) is 0 Å². The molecule has 0 saturated heterocycles. The highest BCUT2D eigenvalue weighted by atomic mass is 16.2. The summed E-state index contributed by atoms with van der Waals surface area (Å²) in [5.74, 6) is -0.267. The van der Waals surface area contributed by atoms with E-state index in [0.717, 1.165) is 0 Å². The average Bonchev–Trinajstić information content (AvgIpc) is 2.00. The lowest BCUT2D eigenvalue weighted by molar-refractivity contribution is -0.135. The first-order valence-electron chi connectivity index (χ1n) is 5.01. The number of carbonyl (C=O) groups is 2. The first-order chi connectivity index (χ1) is 6.76. The first-order valence-corrected chi connectivity index (χ1v) is 5.01. The molecule has 0 aliphatic heterocycles. The van der Waals surface area contributed by atoms with Gasteiger partial charge in [-0.25, -0.2) is 0 Å². The predicted molar refractivity (Wildman–Crippen MR) is 59.2 cm³/mol. The van der Waals surface area contributed by atoms with Crippen LogP contribution in [0.5, 0.6) is 0 Å². The van der Waals surface area contributed by atoms with Crippen molar-refractivity contribution in [2.45, 2.75) is 32.7 Å². The van der Waals surface area contributed by atoms with E-state index in [9.17, 15) is 9.59 Å². The van der Waals surface area contributed by atoms with Crippen molar-refractivity contribution in [1.29, 1.82) is 0 Å². The Morgan fingerprint density at radius 1 is 1.33 bits per heavy atom. The number of hydrogen-bond donors (Lipinski definition) is 2. The van der Waals surface area contributed by atoms with E-state index in [1.807, 2.05) is 20.8 Å². The standard InChI is InChI=1S/C10H21N3O2/c1-10(2,3)12-8(14)7-13(4)9(15)5-6-11/h5-7,11H2,1-4H3,(H,12,14). The van der Waals surface area contributed by atoms with Gasteiger partial charge < -0.3 is 16.0 Å². The van der Waals surface area contributed by atoms with Crippen LogP contribution < -0.4 is 11.1 Å². The number of rotatable bonds is 4. The number of nitrogens with one attached hydrogen (secondary N) is 1. The molecule has 5 heteroatoms. The SMILES string of the molecule is CN(CC(=O)NC(C)(C)C)C(=O)CCN. The summed E-state index contributed by atoms with van der Waals surface area (Å²) in [5, 5.41) is 2.78. The van der Waals surface area contributed by atoms with E-state index in [4.69, 9.17) is 5.73 Å². The molecule has 5 nitrogen and oxygen atoms in total. The molecule has 0 aliphatic carbocycles. The van der Waals surface area contributed by atoms with Crippen LogP contribution in [0.2, 0.25) is 0 Å². The summed E-state index contributed by atoms with van der Waals surface area (Å²) in [4.78, 5) is 24.1. The first kappa shape index (κ1) is 13.9. The highest BCUT2D eigenvalue weighted by molar-refractivity contribution is 5.84. The second kappa shape index (κ2) is 5.70. The largest absolute Gasteiger partial charge is 0.350 e. The van der Waals surface area contributed by atoms with Gasteiger partial charge in [0.05, 0.1) is 6.54 Å². The van der Waals surface area contributed by atoms with Crippen LogP contribution in [-0.4, -0.2) is 42.4 Å². The minimum absolute atomic E-state index is 0.0795. The quantitative estimate of drug-likeness (QED) is 0.676. The van der Waals surface area contributed by atoms with Crippen molar-refractivity contribution in [2.24, 2.45) is 5.73 Å². The molecular weight excluding hydrogens is 194 g/mol. The van der Waals surface area contributed by atoms with Crippen molar-refractivity contribution in [3.63, 3.8) is 0 Å². The maximum Gasteiger partial charge on any atom is 0.240 e. The minimum atomic E-state index is -0.269. The van der Waals surface area contributed by atoms with Crippen LogP contribution >= 0.6 is 0 Å². The fourth-order valence-corrected chi connectivity index (χ4v) is 1.08. The van der Waals surface area contributed by atoms with Crippen LogP contribution in [0, 0.1) is 0 Å². The Kier molecular flexibility index (Phi) is 5.28. The van der Waals surface area contributed by atoms with Gasteiger partial charge >= 0.3 is 0 Å². The summed E-state index contributed by atoms with van der Waals surface area (Å²) >= 11 is 0. The Bertz CT molecular complexity index is 233. The second-order valence-corrected chi connectivity index (χ2v) is 4.59. The van der Waals surface area contributed by atoms with E-state index in [1.165, 1.54) is 4.90 Å². The monoisotopic (exact) mass is 215 g/mol. The number of nitrogens with two attached hydrogens (primary N) is 1. The summed E-state index contributed by atoms with van der Waals surface area (Å²) in [6.07, 6.45) is 0.277. The zero-order valence-electron chi connectivity index (χ0n) is 9.96. The highest BCUT2D eigenvalue weighted by Crippen LogP contribution is 1.98. The molecule has 0 aromatic heterocycles. The molecule has 0 aromatic carbocycles. The molecule has 0 spiro atoms. The van der Waals surface area contributed by atoms with Crippen LogP contribution in [0.15, 0.2) is 0 Å². The molecule has 0 unspecified atom stereocenters. The Balaban J connectivity index is 4.02. The number of amides is 2. The Labute approximate surface area is 91.0 Å². The van der Waals surface area contributed by atoms with Crippen molar-refractivity contribution in [2.75, 3.05) is 20.1 Å². The third-order valence-corrected chi connectivity index (χ3v) is 1.68. The van der Waals surface area contributed by atoms with Crippen molar-refractivity contribution < 1.29 is 9.59 Å². The lowest BCUT2D eigenvalue weighted by Gasteiger charge is -2.23.